The van der Waals surface area contributed by atoms with Gasteiger partial charge in [-0.3, -0.25) is 4.79 Å². The Kier molecular flexibility index (Phi) is 4.37. The molecule has 0 aliphatic carbocycles. The van der Waals surface area contributed by atoms with Crippen LogP contribution in [0.5, 0.6) is 0 Å². The lowest BCUT2D eigenvalue weighted by Gasteiger charge is -2.16. The Balaban J connectivity index is 1.80. The van der Waals surface area contributed by atoms with Crippen molar-refractivity contribution in [1.29, 1.82) is 0 Å². The second-order valence-electron chi connectivity index (χ2n) is 5.16. The zero-order valence-electron chi connectivity index (χ0n) is 10.9. The minimum absolute atomic E-state index is 0.196. The molecule has 0 saturated carbocycles. The van der Waals surface area contributed by atoms with E-state index < -0.39 is 0 Å². The monoisotopic (exact) mass is 247 g/mol. The predicted octanol–water partition coefficient (Wildman–Crippen LogP) is 1.77. The maximum atomic E-state index is 12.0. The van der Waals surface area contributed by atoms with Crippen molar-refractivity contribution in [1.82, 2.24) is 4.90 Å². The summed E-state index contributed by atoms with van der Waals surface area (Å²) in [6.07, 6.45) is 2.31. The van der Waals surface area contributed by atoms with Gasteiger partial charge in [0.15, 0.2) is 0 Å². The molecular weight excluding hydrogens is 226 g/mol. The van der Waals surface area contributed by atoms with Gasteiger partial charge in [0, 0.05) is 32.0 Å². The molecule has 0 aromatic heterocycles. The fourth-order valence-corrected chi connectivity index (χ4v) is 2.37. The van der Waals surface area contributed by atoms with E-state index in [9.17, 15) is 4.79 Å². The number of likely N-dealkylation sites (tertiary alicyclic amines) is 1. The highest BCUT2D eigenvalue weighted by molar-refractivity contribution is 5.76. The second-order valence-corrected chi connectivity index (χ2v) is 5.16. The minimum atomic E-state index is 0.196. The highest BCUT2D eigenvalue weighted by Gasteiger charge is 2.24. The Hall–Kier alpha value is -1.35. The number of amides is 1. The van der Waals surface area contributed by atoms with Gasteiger partial charge in [0.05, 0.1) is 0 Å². The molecule has 1 fully saturated rings. The number of aryl methyl sites for hydroxylation is 2. The average molecular weight is 247 g/mol. The van der Waals surface area contributed by atoms with E-state index in [-0.39, 0.29) is 18.4 Å². The summed E-state index contributed by atoms with van der Waals surface area (Å²) < 4.78 is 0. The Morgan fingerprint density at radius 3 is 2.72 bits per heavy atom. The standard InChI is InChI=1S/C15H21NO2/c1-12-2-4-13(5-3-12)6-7-15(18)16-9-8-14(10-16)11-17/h2-5,14,17H,6-11H2,1H3. The molecule has 98 valence electrons. The highest BCUT2D eigenvalue weighted by Crippen LogP contribution is 2.17. The van der Waals surface area contributed by atoms with Crippen LogP contribution in [-0.2, 0) is 11.2 Å². The van der Waals surface area contributed by atoms with Crippen LogP contribution in [0.2, 0.25) is 0 Å². The van der Waals surface area contributed by atoms with Crippen molar-refractivity contribution in [2.24, 2.45) is 5.92 Å². The van der Waals surface area contributed by atoms with Crippen LogP contribution >= 0.6 is 0 Å². The summed E-state index contributed by atoms with van der Waals surface area (Å²) in [6, 6.07) is 8.33. The second kappa shape index (κ2) is 6.01. The van der Waals surface area contributed by atoms with Crippen LogP contribution in [0.25, 0.3) is 0 Å². The largest absolute Gasteiger partial charge is 0.396 e. The molecule has 18 heavy (non-hydrogen) atoms. The van der Waals surface area contributed by atoms with E-state index in [0.717, 1.165) is 25.9 Å². The van der Waals surface area contributed by atoms with Gasteiger partial charge in [0.1, 0.15) is 0 Å². The molecule has 1 N–H and O–H groups in total. The van der Waals surface area contributed by atoms with Gasteiger partial charge >= 0.3 is 0 Å². The van der Waals surface area contributed by atoms with Crippen LogP contribution in [0.15, 0.2) is 24.3 Å². The van der Waals surface area contributed by atoms with Crippen molar-refractivity contribution in [3.05, 3.63) is 35.4 Å². The molecule has 1 saturated heterocycles. The van der Waals surface area contributed by atoms with Gasteiger partial charge in [0.25, 0.3) is 0 Å². The third-order valence-electron chi connectivity index (χ3n) is 3.64. The average Bonchev–Trinajstić information content (AvgIpc) is 2.86. The third kappa shape index (κ3) is 3.33. The summed E-state index contributed by atoms with van der Waals surface area (Å²) >= 11 is 0. The summed E-state index contributed by atoms with van der Waals surface area (Å²) in [5.74, 6) is 0.500. The van der Waals surface area contributed by atoms with Crippen LogP contribution in [0.3, 0.4) is 0 Å². The molecule has 1 aromatic carbocycles. The Morgan fingerprint density at radius 2 is 2.11 bits per heavy atom. The number of benzene rings is 1. The molecule has 1 aliphatic heterocycles. The molecule has 1 unspecified atom stereocenters. The van der Waals surface area contributed by atoms with Crippen molar-refractivity contribution < 1.29 is 9.90 Å². The fraction of sp³-hybridized carbons (Fsp3) is 0.533. The van der Waals surface area contributed by atoms with Gasteiger partial charge in [0.2, 0.25) is 5.91 Å². The first-order valence-corrected chi connectivity index (χ1v) is 6.63. The van der Waals surface area contributed by atoms with Crippen LogP contribution in [-0.4, -0.2) is 35.6 Å². The summed E-state index contributed by atoms with van der Waals surface area (Å²) in [4.78, 5) is 13.9. The van der Waals surface area contributed by atoms with Crippen molar-refractivity contribution in [2.45, 2.75) is 26.2 Å². The van der Waals surface area contributed by atoms with Crippen LogP contribution in [0, 0.1) is 12.8 Å². The summed E-state index contributed by atoms with van der Waals surface area (Å²) in [5, 5.41) is 9.06. The third-order valence-corrected chi connectivity index (χ3v) is 3.64. The molecular formula is C15H21NO2. The number of nitrogens with zero attached hydrogens (tertiary/aromatic N) is 1. The number of hydrogen-bond donors (Lipinski definition) is 1. The zero-order chi connectivity index (χ0) is 13.0. The van der Waals surface area contributed by atoms with Gasteiger partial charge < -0.3 is 10.0 Å². The first kappa shape index (κ1) is 13.1. The van der Waals surface area contributed by atoms with E-state index in [1.165, 1.54) is 11.1 Å². The molecule has 1 aromatic rings. The van der Waals surface area contributed by atoms with Gasteiger partial charge in [-0.1, -0.05) is 29.8 Å². The summed E-state index contributed by atoms with van der Waals surface area (Å²) in [7, 11) is 0. The Morgan fingerprint density at radius 1 is 1.39 bits per heavy atom. The lowest BCUT2D eigenvalue weighted by Crippen LogP contribution is -2.29. The van der Waals surface area contributed by atoms with Gasteiger partial charge in [-0.25, -0.2) is 0 Å². The smallest absolute Gasteiger partial charge is 0.222 e. The molecule has 1 heterocycles. The molecule has 3 heteroatoms. The van der Waals surface area contributed by atoms with E-state index in [1.807, 2.05) is 4.90 Å². The van der Waals surface area contributed by atoms with Gasteiger partial charge in [-0.15, -0.1) is 0 Å². The fourth-order valence-electron chi connectivity index (χ4n) is 2.37. The summed E-state index contributed by atoms with van der Waals surface area (Å²) in [5.41, 5.74) is 2.46. The summed E-state index contributed by atoms with van der Waals surface area (Å²) in [6.45, 7) is 3.79. The SMILES string of the molecule is Cc1ccc(CCC(=O)N2CCC(CO)C2)cc1. The number of rotatable bonds is 4. The van der Waals surface area contributed by atoms with Crippen LogP contribution < -0.4 is 0 Å². The highest BCUT2D eigenvalue weighted by atomic mass is 16.3. The van der Waals surface area contributed by atoms with E-state index >= 15 is 0 Å². The lowest BCUT2D eigenvalue weighted by molar-refractivity contribution is -0.130. The molecule has 1 atom stereocenters. The number of carbonyl (C=O) groups excluding carboxylic acids is 1. The van der Waals surface area contributed by atoms with Crippen molar-refractivity contribution >= 4 is 5.91 Å². The molecule has 1 aliphatic rings. The topological polar surface area (TPSA) is 40.5 Å². The van der Waals surface area contributed by atoms with E-state index in [1.54, 1.807) is 0 Å². The van der Waals surface area contributed by atoms with Crippen molar-refractivity contribution in [3.63, 3.8) is 0 Å². The first-order valence-electron chi connectivity index (χ1n) is 6.63. The maximum Gasteiger partial charge on any atom is 0.222 e. The minimum Gasteiger partial charge on any atom is -0.396 e. The van der Waals surface area contributed by atoms with E-state index in [4.69, 9.17) is 5.11 Å². The molecule has 0 radical (unpaired) electrons. The number of aliphatic hydroxyl groups excluding tert-OH is 1. The van der Waals surface area contributed by atoms with E-state index in [0.29, 0.717) is 6.42 Å². The number of carbonyl (C=O) groups is 1. The lowest BCUT2D eigenvalue weighted by atomic mass is 10.1. The zero-order valence-corrected chi connectivity index (χ0v) is 10.9. The molecule has 3 nitrogen and oxygen atoms in total. The van der Waals surface area contributed by atoms with Gasteiger partial charge in [-0.2, -0.15) is 0 Å². The first-order chi connectivity index (χ1) is 8.69. The molecule has 0 spiro atoms. The molecule has 0 bridgehead atoms. The number of hydrogen-bond acceptors (Lipinski definition) is 2. The Labute approximate surface area is 108 Å². The van der Waals surface area contributed by atoms with Crippen molar-refractivity contribution in [3.8, 4) is 0 Å². The molecule has 1 amide bonds. The maximum absolute atomic E-state index is 12.0. The number of aliphatic hydroxyl groups is 1. The van der Waals surface area contributed by atoms with Crippen LogP contribution in [0.4, 0.5) is 0 Å². The quantitative estimate of drug-likeness (QED) is 0.881. The Bertz CT molecular complexity index is 399. The van der Waals surface area contributed by atoms with Crippen LogP contribution in [0.1, 0.15) is 24.0 Å². The van der Waals surface area contributed by atoms with Gasteiger partial charge in [-0.05, 0) is 25.3 Å². The normalized spacial score (nSPS) is 19.2. The predicted molar refractivity (Wildman–Crippen MR) is 71.3 cm³/mol. The molecule has 2 rings (SSSR count). The van der Waals surface area contributed by atoms with Crippen molar-refractivity contribution in [2.75, 3.05) is 19.7 Å². The van der Waals surface area contributed by atoms with E-state index in [2.05, 4.69) is 31.2 Å².